The summed E-state index contributed by atoms with van der Waals surface area (Å²) in [4.78, 5) is 11.9. The fourth-order valence-electron chi connectivity index (χ4n) is 1.90. The number of carbonyl (C=O) groups is 1. The fourth-order valence-corrected chi connectivity index (χ4v) is 1.90. The highest BCUT2D eigenvalue weighted by Crippen LogP contribution is 2.33. The molecule has 1 aromatic carbocycles. The van der Waals surface area contributed by atoms with Crippen LogP contribution in [0.5, 0.6) is 5.75 Å². The molecule has 0 saturated carbocycles. The summed E-state index contributed by atoms with van der Waals surface area (Å²) in [5, 5.41) is 5.74. The van der Waals surface area contributed by atoms with Gasteiger partial charge in [0.2, 0.25) is 0 Å². The normalized spacial score (nSPS) is 12.8. The number of aryl methyl sites for hydroxylation is 1. The van der Waals surface area contributed by atoms with Crippen molar-refractivity contribution in [2.24, 2.45) is 7.05 Å². The van der Waals surface area contributed by atoms with E-state index in [9.17, 15) is 18.0 Å². The first-order valence-electron chi connectivity index (χ1n) is 6.31. The predicted molar refractivity (Wildman–Crippen MR) is 72.5 cm³/mol. The van der Waals surface area contributed by atoms with Crippen LogP contribution in [-0.2, 0) is 7.05 Å². The third-order valence-electron chi connectivity index (χ3n) is 3.02. The number of nitrogens with one attached hydrogen (secondary N) is 1. The van der Waals surface area contributed by atoms with Gasteiger partial charge in [0.25, 0.3) is 5.91 Å². The molecule has 0 aliphatic carbocycles. The Kier molecular flexibility index (Phi) is 4.39. The quantitative estimate of drug-likeness (QED) is 0.943. The molecular weight excluding hydrogens is 299 g/mol. The zero-order valence-corrected chi connectivity index (χ0v) is 11.9. The third-order valence-corrected chi connectivity index (χ3v) is 3.02. The van der Waals surface area contributed by atoms with E-state index >= 15 is 0 Å². The fraction of sp³-hybridized carbons (Fsp3) is 0.286. The first kappa shape index (κ1) is 15.9. The van der Waals surface area contributed by atoms with Crippen LogP contribution in [0.2, 0.25) is 0 Å². The van der Waals surface area contributed by atoms with Gasteiger partial charge < -0.3 is 10.1 Å². The van der Waals surface area contributed by atoms with Crippen molar-refractivity contribution in [2.75, 3.05) is 7.11 Å². The third kappa shape index (κ3) is 3.57. The van der Waals surface area contributed by atoms with Crippen molar-refractivity contribution in [1.82, 2.24) is 15.1 Å². The van der Waals surface area contributed by atoms with Crippen molar-refractivity contribution in [3.8, 4) is 5.75 Å². The molecule has 0 saturated heterocycles. The molecule has 0 spiro atoms. The summed E-state index contributed by atoms with van der Waals surface area (Å²) in [7, 11) is 2.99. The molecule has 8 heteroatoms. The summed E-state index contributed by atoms with van der Waals surface area (Å²) in [6.07, 6.45) is -2.07. The lowest BCUT2D eigenvalue weighted by molar-refractivity contribution is -0.155. The number of nitrogens with zero attached hydrogens (tertiary/aromatic N) is 2. The first-order chi connectivity index (χ1) is 10.3. The Hall–Kier alpha value is -2.51. The minimum atomic E-state index is -4.62. The van der Waals surface area contributed by atoms with E-state index < -0.39 is 18.1 Å². The van der Waals surface area contributed by atoms with Gasteiger partial charge in [-0.1, -0.05) is 12.1 Å². The predicted octanol–water partition coefficient (Wildman–Crippen LogP) is 2.46. The van der Waals surface area contributed by atoms with Crippen LogP contribution in [0.25, 0.3) is 0 Å². The number of benzene rings is 1. The molecule has 0 radical (unpaired) electrons. The van der Waals surface area contributed by atoms with Crippen LogP contribution in [-0.4, -0.2) is 29.0 Å². The number of hydrogen-bond donors (Lipinski definition) is 1. The number of alkyl halides is 3. The maximum Gasteiger partial charge on any atom is 0.412 e. The maximum atomic E-state index is 13.2. The molecule has 0 unspecified atom stereocenters. The van der Waals surface area contributed by atoms with Gasteiger partial charge in [0.05, 0.1) is 18.9 Å². The topological polar surface area (TPSA) is 56.1 Å². The first-order valence-corrected chi connectivity index (χ1v) is 6.31. The molecular formula is C14H14F3N3O2. The Balaban J connectivity index is 2.24. The molecule has 0 fully saturated rings. The van der Waals surface area contributed by atoms with Crippen molar-refractivity contribution in [3.05, 3.63) is 47.8 Å². The molecule has 0 aliphatic heterocycles. The average molecular weight is 313 g/mol. The molecule has 0 aliphatic rings. The Labute approximate surface area is 124 Å². The smallest absolute Gasteiger partial charge is 0.412 e. The minimum absolute atomic E-state index is 0.0604. The maximum absolute atomic E-state index is 13.2. The van der Waals surface area contributed by atoms with Gasteiger partial charge in [0.1, 0.15) is 5.75 Å². The number of hydrogen-bond acceptors (Lipinski definition) is 3. The molecule has 118 valence electrons. The van der Waals surface area contributed by atoms with E-state index in [0.717, 1.165) is 0 Å². The molecule has 1 heterocycles. The van der Waals surface area contributed by atoms with E-state index in [4.69, 9.17) is 4.74 Å². The number of aromatic nitrogens is 2. The molecule has 2 rings (SSSR count). The van der Waals surface area contributed by atoms with Crippen LogP contribution < -0.4 is 10.1 Å². The number of methoxy groups -OCH3 is 1. The summed E-state index contributed by atoms with van der Waals surface area (Å²) < 4.78 is 45.9. The van der Waals surface area contributed by atoms with E-state index in [1.807, 2.05) is 5.32 Å². The summed E-state index contributed by atoms with van der Waals surface area (Å²) in [6, 6.07) is 3.24. The summed E-state index contributed by atoms with van der Waals surface area (Å²) in [6.45, 7) is 0. The van der Waals surface area contributed by atoms with Crippen molar-refractivity contribution in [2.45, 2.75) is 12.2 Å². The molecule has 0 bridgehead atoms. The zero-order valence-electron chi connectivity index (χ0n) is 11.9. The van der Waals surface area contributed by atoms with Crippen molar-refractivity contribution in [1.29, 1.82) is 0 Å². The van der Waals surface area contributed by atoms with Crippen molar-refractivity contribution >= 4 is 5.91 Å². The van der Waals surface area contributed by atoms with Gasteiger partial charge in [-0.25, -0.2) is 0 Å². The van der Waals surface area contributed by atoms with Gasteiger partial charge in [-0.05, 0) is 17.7 Å². The van der Waals surface area contributed by atoms with Gasteiger partial charge in [-0.3, -0.25) is 9.48 Å². The van der Waals surface area contributed by atoms with Crippen molar-refractivity contribution < 1.29 is 22.7 Å². The van der Waals surface area contributed by atoms with Crippen LogP contribution in [0.3, 0.4) is 0 Å². The number of ether oxygens (including phenoxy) is 1. The van der Waals surface area contributed by atoms with Gasteiger partial charge in [-0.15, -0.1) is 0 Å². The highest BCUT2D eigenvalue weighted by atomic mass is 19.4. The Morgan fingerprint density at radius 3 is 2.41 bits per heavy atom. The standard InChI is InChI=1S/C14H14F3N3O2/c1-20-8-10(7-18-20)13(21)19-12(14(15,16)17)9-3-5-11(22-2)6-4-9/h3-8,12H,1-2H3,(H,19,21)/t12-/m1/s1. The molecule has 1 atom stereocenters. The van der Waals surface area contributed by atoms with Crippen LogP contribution in [0.15, 0.2) is 36.7 Å². The highest BCUT2D eigenvalue weighted by molar-refractivity contribution is 5.94. The molecule has 1 N–H and O–H groups in total. The lowest BCUT2D eigenvalue weighted by Gasteiger charge is -2.22. The largest absolute Gasteiger partial charge is 0.497 e. The lowest BCUT2D eigenvalue weighted by Crippen LogP contribution is -2.38. The second-order valence-electron chi connectivity index (χ2n) is 4.62. The molecule has 5 nitrogen and oxygen atoms in total. The van der Waals surface area contributed by atoms with Crippen LogP contribution in [0, 0.1) is 0 Å². The monoisotopic (exact) mass is 313 g/mol. The summed E-state index contributed by atoms with van der Waals surface area (Å²) in [5.41, 5.74) is -0.0178. The Bertz CT molecular complexity index is 650. The summed E-state index contributed by atoms with van der Waals surface area (Å²) >= 11 is 0. The average Bonchev–Trinajstić information content (AvgIpc) is 2.90. The minimum Gasteiger partial charge on any atom is -0.497 e. The van der Waals surface area contributed by atoms with E-state index in [-0.39, 0.29) is 11.1 Å². The van der Waals surface area contributed by atoms with E-state index in [2.05, 4.69) is 5.10 Å². The molecule has 22 heavy (non-hydrogen) atoms. The zero-order chi connectivity index (χ0) is 16.3. The second kappa shape index (κ2) is 6.08. The van der Waals surface area contributed by atoms with E-state index in [1.54, 1.807) is 7.05 Å². The SMILES string of the molecule is COc1ccc([C@@H](NC(=O)c2cnn(C)c2)C(F)(F)F)cc1. The van der Waals surface area contributed by atoms with Gasteiger partial charge >= 0.3 is 6.18 Å². The van der Waals surface area contributed by atoms with Crippen LogP contribution in [0.4, 0.5) is 13.2 Å². The van der Waals surface area contributed by atoms with Gasteiger partial charge in [0, 0.05) is 13.2 Å². The molecule has 1 amide bonds. The van der Waals surface area contributed by atoms with Crippen molar-refractivity contribution in [3.63, 3.8) is 0 Å². The Morgan fingerprint density at radius 1 is 1.32 bits per heavy atom. The van der Waals surface area contributed by atoms with Crippen LogP contribution in [0.1, 0.15) is 22.0 Å². The molecule has 1 aromatic heterocycles. The van der Waals surface area contributed by atoms with E-state index in [0.29, 0.717) is 5.75 Å². The number of rotatable bonds is 4. The number of halogens is 3. The molecule has 2 aromatic rings. The summed E-state index contributed by atoms with van der Waals surface area (Å²) in [5.74, 6) is -0.408. The Morgan fingerprint density at radius 2 is 1.95 bits per heavy atom. The highest BCUT2D eigenvalue weighted by Gasteiger charge is 2.42. The second-order valence-corrected chi connectivity index (χ2v) is 4.62. The van der Waals surface area contributed by atoms with E-state index in [1.165, 1.54) is 48.5 Å². The number of amides is 1. The van der Waals surface area contributed by atoms with Gasteiger partial charge in [0.15, 0.2) is 6.04 Å². The van der Waals surface area contributed by atoms with Crippen LogP contribution >= 0.6 is 0 Å². The lowest BCUT2D eigenvalue weighted by atomic mass is 10.1. The van der Waals surface area contributed by atoms with Gasteiger partial charge in [-0.2, -0.15) is 18.3 Å². The number of carbonyl (C=O) groups excluding carboxylic acids is 1.